The predicted octanol–water partition coefficient (Wildman–Crippen LogP) is 6.98. The highest BCUT2D eigenvalue weighted by molar-refractivity contribution is 9.09. The number of hydrogen-bond donors (Lipinski definition) is 0. The molecule has 0 saturated carbocycles. The summed E-state index contributed by atoms with van der Waals surface area (Å²) in [6.07, 6.45) is 11.4. The zero-order valence-electron chi connectivity index (χ0n) is 15.3. The molecule has 136 valence electrons. The van der Waals surface area contributed by atoms with Crippen molar-refractivity contribution in [3.8, 4) is 5.75 Å². The first-order valence-electron chi connectivity index (χ1n) is 9.70. The topological polar surface area (TPSA) is 9.23 Å². The second kappa shape index (κ2) is 13.0. The van der Waals surface area contributed by atoms with Crippen molar-refractivity contribution in [2.24, 2.45) is 0 Å². The van der Waals surface area contributed by atoms with Gasteiger partial charge >= 0.3 is 0 Å². The molecular formula is C23H31BrO. The van der Waals surface area contributed by atoms with E-state index in [4.69, 9.17) is 4.74 Å². The molecule has 0 amide bonds. The molecule has 0 heterocycles. The molecule has 0 fully saturated rings. The van der Waals surface area contributed by atoms with Crippen LogP contribution in [0.2, 0.25) is 0 Å². The molecule has 0 N–H and O–H groups in total. The van der Waals surface area contributed by atoms with Gasteiger partial charge in [0.2, 0.25) is 0 Å². The van der Waals surface area contributed by atoms with Crippen LogP contribution in [0.15, 0.2) is 54.6 Å². The lowest BCUT2D eigenvalue weighted by Gasteiger charge is -2.08. The Kier molecular flexibility index (Phi) is 10.4. The second-order valence-corrected chi connectivity index (χ2v) is 7.43. The maximum absolute atomic E-state index is 5.86. The van der Waals surface area contributed by atoms with Crippen molar-refractivity contribution in [2.75, 3.05) is 11.9 Å². The fraction of sp³-hybridized carbons (Fsp3) is 0.478. The van der Waals surface area contributed by atoms with Crippen LogP contribution in [0.3, 0.4) is 0 Å². The molecule has 1 nitrogen and oxygen atoms in total. The molecular weight excluding hydrogens is 372 g/mol. The number of hydrogen-bond acceptors (Lipinski definition) is 1. The SMILES string of the molecule is BrCCCCCCCCCOc1ccc(CCc2ccccc2)cc1. The molecule has 0 atom stereocenters. The molecule has 0 bridgehead atoms. The number of unbranched alkanes of at least 4 members (excludes halogenated alkanes) is 6. The van der Waals surface area contributed by atoms with Gasteiger partial charge in [-0.1, -0.05) is 90.5 Å². The third kappa shape index (κ3) is 9.11. The zero-order chi connectivity index (χ0) is 17.6. The van der Waals surface area contributed by atoms with E-state index in [9.17, 15) is 0 Å². The Morgan fingerprint density at radius 3 is 1.80 bits per heavy atom. The normalized spacial score (nSPS) is 10.8. The fourth-order valence-corrected chi connectivity index (χ4v) is 3.35. The van der Waals surface area contributed by atoms with Crippen LogP contribution in [0.25, 0.3) is 0 Å². The average Bonchev–Trinajstić information content (AvgIpc) is 2.67. The van der Waals surface area contributed by atoms with Crippen molar-refractivity contribution >= 4 is 15.9 Å². The average molecular weight is 403 g/mol. The minimum Gasteiger partial charge on any atom is -0.494 e. The van der Waals surface area contributed by atoms with Crippen LogP contribution >= 0.6 is 15.9 Å². The summed E-state index contributed by atoms with van der Waals surface area (Å²) in [6.45, 7) is 0.838. The Morgan fingerprint density at radius 1 is 0.600 bits per heavy atom. The van der Waals surface area contributed by atoms with Crippen molar-refractivity contribution in [3.63, 3.8) is 0 Å². The van der Waals surface area contributed by atoms with Gasteiger partial charge in [0.15, 0.2) is 0 Å². The summed E-state index contributed by atoms with van der Waals surface area (Å²) in [7, 11) is 0. The molecule has 0 aromatic heterocycles. The quantitative estimate of drug-likeness (QED) is 0.259. The van der Waals surface area contributed by atoms with Crippen molar-refractivity contribution < 1.29 is 4.74 Å². The Balaban J connectivity index is 1.54. The first-order chi connectivity index (χ1) is 12.4. The van der Waals surface area contributed by atoms with Gasteiger partial charge in [-0.15, -0.1) is 0 Å². The van der Waals surface area contributed by atoms with E-state index in [2.05, 4.69) is 70.5 Å². The van der Waals surface area contributed by atoms with E-state index in [0.717, 1.165) is 36.9 Å². The third-order valence-electron chi connectivity index (χ3n) is 4.52. The van der Waals surface area contributed by atoms with Gasteiger partial charge in [0.25, 0.3) is 0 Å². The van der Waals surface area contributed by atoms with E-state index in [1.165, 1.54) is 49.7 Å². The second-order valence-electron chi connectivity index (χ2n) is 6.64. The molecule has 0 radical (unpaired) electrons. The van der Waals surface area contributed by atoms with Gasteiger partial charge in [0.1, 0.15) is 5.75 Å². The summed E-state index contributed by atoms with van der Waals surface area (Å²) in [6, 6.07) is 19.3. The molecule has 2 rings (SSSR count). The summed E-state index contributed by atoms with van der Waals surface area (Å²) < 4.78 is 5.86. The highest BCUT2D eigenvalue weighted by Gasteiger charge is 1.98. The molecule has 0 saturated heterocycles. The van der Waals surface area contributed by atoms with E-state index in [1.54, 1.807) is 0 Å². The Hall–Kier alpha value is -1.28. The van der Waals surface area contributed by atoms with Crippen molar-refractivity contribution in [1.82, 2.24) is 0 Å². The number of alkyl halides is 1. The lowest BCUT2D eigenvalue weighted by molar-refractivity contribution is 0.304. The van der Waals surface area contributed by atoms with Crippen LogP contribution in [0.1, 0.15) is 56.1 Å². The monoisotopic (exact) mass is 402 g/mol. The molecule has 25 heavy (non-hydrogen) atoms. The molecule has 2 aromatic carbocycles. The van der Waals surface area contributed by atoms with Crippen LogP contribution in [0.5, 0.6) is 5.75 Å². The Labute approximate surface area is 161 Å². The van der Waals surface area contributed by atoms with Gasteiger partial charge in [-0.3, -0.25) is 0 Å². The standard InChI is InChI=1S/C23H31BrO/c24-19-9-4-2-1-3-5-10-20-25-23-17-15-22(16-18-23)14-13-21-11-7-6-8-12-21/h6-8,11-12,15-18H,1-5,9-10,13-14,19-20H2. The summed E-state index contributed by atoms with van der Waals surface area (Å²) in [5.41, 5.74) is 2.77. The van der Waals surface area contributed by atoms with Gasteiger partial charge in [0.05, 0.1) is 6.61 Å². The largest absolute Gasteiger partial charge is 0.494 e. The molecule has 0 unspecified atom stereocenters. The van der Waals surface area contributed by atoms with Crippen molar-refractivity contribution in [2.45, 2.75) is 57.8 Å². The van der Waals surface area contributed by atoms with Gasteiger partial charge in [0, 0.05) is 5.33 Å². The Morgan fingerprint density at radius 2 is 1.16 bits per heavy atom. The van der Waals surface area contributed by atoms with E-state index >= 15 is 0 Å². The van der Waals surface area contributed by atoms with Crippen LogP contribution in [-0.4, -0.2) is 11.9 Å². The highest BCUT2D eigenvalue weighted by Crippen LogP contribution is 2.15. The number of ether oxygens (including phenoxy) is 1. The highest BCUT2D eigenvalue weighted by atomic mass is 79.9. The predicted molar refractivity (Wildman–Crippen MR) is 112 cm³/mol. The van der Waals surface area contributed by atoms with Gasteiger partial charge in [-0.25, -0.2) is 0 Å². The maximum Gasteiger partial charge on any atom is 0.119 e. The van der Waals surface area contributed by atoms with Crippen LogP contribution < -0.4 is 4.74 Å². The summed E-state index contributed by atoms with van der Waals surface area (Å²) >= 11 is 3.48. The maximum atomic E-state index is 5.86. The summed E-state index contributed by atoms with van der Waals surface area (Å²) in [5.74, 6) is 1.00. The molecule has 0 aliphatic heterocycles. The minimum atomic E-state index is 0.838. The van der Waals surface area contributed by atoms with Crippen LogP contribution in [0.4, 0.5) is 0 Å². The molecule has 0 aliphatic carbocycles. The van der Waals surface area contributed by atoms with Gasteiger partial charge in [-0.05, 0) is 48.9 Å². The third-order valence-corrected chi connectivity index (χ3v) is 5.08. The van der Waals surface area contributed by atoms with Crippen LogP contribution in [-0.2, 0) is 12.8 Å². The van der Waals surface area contributed by atoms with E-state index < -0.39 is 0 Å². The number of benzene rings is 2. The molecule has 2 aromatic rings. The number of aryl methyl sites for hydroxylation is 2. The number of rotatable bonds is 13. The smallest absolute Gasteiger partial charge is 0.119 e. The summed E-state index contributed by atoms with van der Waals surface area (Å²) in [5, 5.41) is 1.14. The zero-order valence-corrected chi connectivity index (χ0v) is 16.8. The lowest BCUT2D eigenvalue weighted by Crippen LogP contribution is -1.98. The van der Waals surface area contributed by atoms with Crippen molar-refractivity contribution in [3.05, 3.63) is 65.7 Å². The fourth-order valence-electron chi connectivity index (χ4n) is 2.96. The Bertz CT molecular complexity index is 550. The summed E-state index contributed by atoms with van der Waals surface area (Å²) in [4.78, 5) is 0. The first-order valence-corrected chi connectivity index (χ1v) is 10.8. The van der Waals surface area contributed by atoms with E-state index in [0.29, 0.717) is 0 Å². The van der Waals surface area contributed by atoms with Gasteiger partial charge in [-0.2, -0.15) is 0 Å². The van der Waals surface area contributed by atoms with E-state index in [-0.39, 0.29) is 0 Å². The molecule has 0 spiro atoms. The first kappa shape index (κ1) is 20.0. The van der Waals surface area contributed by atoms with Crippen molar-refractivity contribution in [1.29, 1.82) is 0 Å². The van der Waals surface area contributed by atoms with Gasteiger partial charge < -0.3 is 4.74 Å². The minimum absolute atomic E-state index is 0.838. The van der Waals surface area contributed by atoms with Crippen LogP contribution in [0, 0.1) is 0 Å². The molecule has 2 heteroatoms. The lowest BCUT2D eigenvalue weighted by atomic mass is 10.0. The molecule has 0 aliphatic rings. The van der Waals surface area contributed by atoms with E-state index in [1.807, 2.05) is 0 Å². The number of halogens is 1.